The van der Waals surface area contributed by atoms with Crippen LogP contribution in [0, 0.1) is 0 Å². The van der Waals surface area contributed by atoms with E-state index in [-0.39, 0.29) is 5.97 Å². The maximum Gasteiger partial charge on any atom is 0.305 e. The first-order valence-corrected chi connectivity index (χ1v) is 7.68. The van der Waals surface area contributed by atoms with Gasteiger partial charge in [0.25, 0.3) is 0 Å². The number of hydrogen-bond donors (Lipinski definition) is 0. The van der Waals surface area contributed by atoms with Crippen molar-refractivity contribution in [2.24, 2.45) is 0 Å². The molecule has 0 aromatic heterocycles. The molecule has 2 nitrogen and oxygen atoms in total. The molecule has 0 amide bonds. The third-order valence-corrected chi connectivity index (χ3v) is 3.03. The molecule has 0 saturated carbocycles. The van der Waals surface area contributed by atoms with E-state index in [4.69, 9.17) is 0 Å². The summed E-state index contributed by atoms with van der Waals surface area (Å²) in [4.78, 5) is 10.9. The van der Waals surface area contributed by atoms with Crippen molar-refractivity contribution in [1.82, 2.24) is 0 Å². The first-order valence-electron chi connectivity index (χ1n) is 7.68. The second-order valence-electron chi connectivity index (χ2n) is 4.84. The predicted molar refractivity (Wildman–Crippen MR) is 82.1 cm³/mol. The maximum absolute atomic E-state index is 10.9. The van der Waals surface area contributed by atoms with Crippen molar-refractivity contribution < 1.29 is 9.53 Å². The predicted octanol–water partition coefficient (Wildman–Crippen LogP) is 5.19. The standard InChI is InChI=1S/C17H30O2/c1-3-4-5-6-7-8-9-10-11-12-13-14-15-16-17(18)19-2/h7-8,12-13H,3-6,9-11,14-16H2,1-2H3. The van der Waals surface area contributed by atoms with Crippen LogP contribution in [0.5, 0.6) is 0 Å². The average Bonchev–Trinajstić information content (AvgIpc) is 2.43. The molecule has 0 fully saturated rings. The molecule has 0 heterocycles. The minimum Gasteiger partial charge on any atom is -0.469 e. The summed E-state index contributed by atoms with van der Waals surface area (Å²) in [7, 11) is 1.44. The first kappa shape index (κ1) is 17.9. The van der Waals surface area contributed by atoms with Gasteiger partial charge in [0, 0.05) is 6.42 Å². The summed E-state index contributed by atoms with van der Waals surface area (Å²) in [5, 5.41) is 0. The second-order valence-corrected chi connectivity index (χ2v) is 4.84. The fourth-order valence-corrected chi connectivity index (χ4v) is 1.80. The van der Waals surface area contributed by atoms with Gasteiger partial charge in [0.1, 0.15) is 0 Å². The third-order valence-electron chi connectivity index (χ3n) is 3.03. The van der Waals surface area contributed by atoms with Gasteiger partial charge in [0.05, 0.1) is 7.11 Å². The molecule has 110 valence electrons. The smallest absolute Gasteiger partial charge is 0.305 e. The van der Waals surface area contributed by atoms with E-state index in [1.807, 2.05) is 0 Å². The number of carbonyl (C=O) groups excluding carboxylic acids is 1. The number of allylic oxidation sites excluding steroid dienone is 4. The molecule has 0 aliphatic carbocycles. The van der Waals surface area contributed by atoms with Crippen LogP contribution in [0.15, 0.2) is 24.3 Å². The van der Waals surface area contributed by atoms with Crippen LogP contribution in [0.4, 0.5) is 0 Å². The largest absolute Gasteiger partial charge is 0.469 e. The normalized spacial score (nSPS) is 11.5. The Morgan fingerprint density at radius 2 is 1.37 bits per heavy atom. The van der Waals surface area contributed by atoms with Gasteiger partial charge < -0.3 is 4.74 Å². The van der Waals surface area contributed by atoms with Crippen LogP contribution in [-0.2, 0) is 9.53 Å². The summed E-state index contributed by atoms with van der Waals surface area (Å²) in [6.07, 6.45) is 20.2. The zero-order valence-electron chi connectivity index (χ0n) is 12.7. The molecule has 0 spiro atoms. The summed E-state index contributed by atoms with van der Waals surface area (Å²) in [6, 6.07) is 0. The van der Waals surface area contributed by atoms with E-state index in [9.17, 15) is 4.79 Å². The molecule has 0 aliphatic heterocycles. The Balaban J connectivity index is 3.23. The molecule has 0 aliphatic rings. The molecular formula is C17H30O2. The minimum absolute atomic E-state index is 0.110. The summed E-state index contributed by atoms with van der Waals surface area (Å²) in [5.41, 5.74) is 0. The molecule has 0 aromatic carbocycles. The van der Waals surface area contributed by atoms with Crippen molar-refractivity contribution in [2.75, 3.05) is 7.11 Å². The molecular weight excluding hydrogens is 236 g/mol. The Labute approximate surface area is 118 Å². The summed E-state index contributed by atoms with van der Waals surface area (Å²) >= 11 is 0. The van der Waals surface area contributed by atoms with Crippen molar-refractivity contribution in [2.45, 2.75) is 71.1 Å². The first-order chi connectivity index (χ1) is 9.31. The highest BCUT2D eigenvalue weighted by atomic mass is 16.5. The van der Waals surface area contributed by atoms with Crippen molar-refractivity contribution >= 4 is 5.97 Å². The van der Waals surface area contributed by atoms with Crippen molar-refractivity contribution in [3.63, 3.8) is 0 Å². The molecule has 0 N–H and O–H groups in total. The monoisotopic (exact) mass is 266 g/mol. The fraction of sp³-hybridized carbons (Fsp3) is 0.706. The molecule has 0 bridgehead atoms. The van der Waals surface area contributed by atoms with Gasteiger partial charge in [0.15, 0.2) is 0 Å². The number of rotatable bonds is 12. The van der Waals surface area contributed by atoms with Crippen molar-refractivity contribution in [3.05, 3.63) is 24.3 Å². The lowest BCUT2D eigenvalue weighted by molar-refractivity contribution is -0.140. The quantitative estimate of drug-likeness (QED) is 0.276. The number of ether oxygens (including phenoxy) is 1. The van der Waals surface area contributed by atoms with Gasteiger partial charge in [0.2, 0.25) is 0 Å². The van der Waals surface area contributed by atoms with Gasteiger partial charge in [-0.2, -0.15) is 0 Å². The fourth-order valence-electron chi connectivity index (χ4n) is 1.80. The molecule has 0 radical (unpaired) electrons. The highest BCUT2D eigenvalue weighted by Crippen LogP contribution is 2.04. The Hall–Kier alpha value is -1.05. The summed E-state index contributed by atoms with van der Waals surface area (Å²) < 4.78 is 4.59. The molecule has 0 aromatic rings. The second kappa shape index (κ2) is 15.0. The molecule has 0 unspecified atom stereocenters. The van der Waals surface area contributed by atoms with E-state index < -0.39 is 0 Å². The van der Waals surface area contributed by atoms with Crippen LogP contribution in [0.3, 0.4) is 0 Å². The Kier molecular flexibility index (Phi) is 14.2. The van der Waals surface area contributed by atoms with Gasteiger partial charge in [-0.1, -0.05) is 44.1 Å². The lowest BCUT2D eigenvalue weighted by Crippen LogP contribution is -1.98. The number of carbonyl (C=O) groups is 1. The summed E-state index contributed by atoms with van der Waals surface area (Å²) in [5.74, 6) is -0.110. The third kappa shape index (κ3) is 14.9. The molecule has 0 atom stereocenters. The van der Waals surface area contributed by atoms with Crippen molar-refractivity contribution in [3.8, 4) is 0 Å². The Bertz CT molecular complexity index is 254. The number of unbranched alkanes of at least 4 members (excludes halogenated alkanes) is 6. The zero-order chi connectivity index (χ0) is 14.2. The number of methoxy groups -OCH3 is 1. The molecule has 2 heteroatoms. The van der Waals surface area contributed by atoms with Gasteiger partial charge >= 0.3 is 5.97 Å². The van der Waals surface area contributed by atoms with E-state index in [1.54, 1.807) is 0 Å². The Morgan fingerprint density at radius 3 is 1.89 bits per heavy atom. The lowest BCUT2D eigenvalue weighted by Gasteiger charge is -1.96. The van der Waals surface area contributed by atoms with Gasteiger partial charge in [-0.05, 0) is 44.9 Å². The topological polar surface area (TPSA) is 26.3 Å². The van der Waals surface area contributed by atoms with Crippen LogP contribution in [0.25, 0.3) is 0 Å². The Morgan fingerprint density at radius 1 is 0.842 bits per heavy atom. The van der Waals surface area contributed by atoms with E-state index in [0.29, 0.717) is 6.42 Å². The van der Waals surface area contributed by atoms with Gasteiger partial charge in [-0.3, -0.25) is 4.79 Å². The van der Waals surface area contributed by atoms with Crippen LogP contribution >= 0.6 is 0 Å². The highest BCUT2D eigenvalue weighted by Gasteiger charge is 1.96. The van der Waals surface area contributed by atoms with Gasteiger partial charge in [-0.15, -0.1) is 0 Å². The lowest BCUT2D eigenvalue weighted by atomic mass is 10.1. The van der Waals surface area contributed by atoms with Crippen LogP contribution in [0.2, 0.25) is 0 Å². The number of esters is 1. The van der Waals surface area contributed by atoms with Crippen LogP contribution in [-0.4, -0.2) is 13.1 Å². The van der Waals surface area contributed by atoms with E-state index in [2.05, 4.69) is 36.0 Å². The van der Waals surface area contributed by atoms with Gasteiger partial charge in [-0.25, -0.2) is 0 Å². The van der Waals surface area contributed by atoms with E-state index >= 15 is 0 Å². The summed E-state index contributed by atoms with van der Waals surface area (Å²) in [6.45, 7) is 2.24. The van der Waals surface area contributed by atoms with E-state index in [1.165, 1.54) is 45.6 Å². The SMILES string of the molecule is CCCCCC=CCCCC=CCCCC(=O)OC. The highest BCUT2D eigenvalue weighted by molar-refractivity contribution is 5.68. The molecule has 19 heavy (non-hydrogen) atoms. The van der Waals surface area contributed by atoms with Crippen LogP contribution < -0.4 is 0 Å². The van der Waals surface area contributed by atoms with E-state index in [0.717, 1.165) is 19.3 Å². The molecule has 0 saturated heterocycles. The number of hydrogen-bond acceptors (Lipinski definition) is 2. The van der Waals surface area contributed by atoms with Crippen LogP contribution in [0.1, 0.15) is 71.1 Å². The molecule has 0 rings (SSSR count). The minimum atomic E-state index is -0.110. The average molecular weight is 266 g/mol. The van der Waals surface area contributed by atoms with Crippen molar-refractivity contribution in [1.29, 1.82) is 0 Å². The zero-order valence-corrected chi connectivity index (χ0v) is 12.7. The maximum atomic E-state index is 10.9.